The number of nitrogens with zero attached hydrogens (tertiary/aromatic N) is 4. The second kappa shape index (κ2) is 7.52. The summed E-state index contributed by atoms with van der Waals surface area (Å²) in [4.78, 5) is 18.8. The number of thioether (sulfide) groups is 1. The Hall–Kier alpha value is -2.45. The maximum absolute atomic E-state index is 13.0. The average Bonchev–Trinajstić information content (AvgIpc) is 2.71. The zero-order valence-corrected chi connectivity index (χ0v) is 17.7. The Kier molecular flexibility index (Phi) is 5.07. The molecule has 0 saturated carbocycles. The van der Waals surface area contributed by atoms with Crippen molar-refractivity contribution in [1.29, 1.82) is 0 Å². The average molecular weight is 457 g/mol. The summed E-state index contributed by atoms with van der Waals surface area (Å²) in [6.45, 7) is 1.83. The monoisotopic (exact) mass is 456 g/mol. The number of hydrogen-bond acceptors (Lipinski definition) is 5. The Morgan fingerprint density at radius 1 is 1.29 bits per heavy atom. The van der Waals surface area contributed by atoms with E-state index in [4.69, 9.17) is 0 Å². The van der Waals surface area contributed by atoms with Crippen LogP contribution in [0, 0.1) is 0 Å². The van der Waals surface area contributed by atoms with E-state index in [0.29, 0.717) is 28.5 Å². The molecule has 0 aliphatic carbocycles. The van der Waals surface area contributed by atoms with Gasteiger partial charge in [0.1, 0.15) is 0 Å². The molecule has 1 aliphatic rings. The number of hydrogen-bond donors (Lipinski definition) is 0. The Bertz CT molecular complexity index is 1080. The molecular formula is C20H17BrN4O2S. The van der Waals surface area contributed by atoms with Crippen LogP contribution in [0.25, 0.3) is 11.3 Å². The molecule has 8 heteroatoms. The second-order valence-corrected chi connectivity index (χ2v) is 7.95. The standard InChI is InChI=1S/C20H17BrN4O2S/c1-3-16(26)24-15-10-5-4-9-14(15)17-18(27)22-20(28-2)23-25(17)19(24)12-7-6-8-13(21)11-12/h4-11,19H,3H2,1-2H3. The van der Waals surface area contributed by atoms with Gasteiger partial charge in [-0.15, -0.1) is 0 Å². The summed E-state index contributed by atoms with van der Waals surface area (Å²) >= 11 is 4.80. The molecule has 1 aromatic heterocycles. The minimum Gasteiger partial charge on any atom is -0.854 e. The molecule has 28 heavy (non-hydrogen) atoms. The zero-order valence-electron chi connectivity index (χ0n) is 15.3. The van der Waals surface area contributed by atoms with E-state index in [1.54, 1.807) is 9.58 Å². The number of rotatable bonds is 3. The quantitative estimate of drug-likeness (QED) is 0.446. The van der Waals surface area contributed by atoms with Gasteiger partial charge in [-0.25, -0.2) is 9.88 Å². The first kappa shape index (κ1) is 18.9. The normalized spacial score (nSPS) is 15.1. The van der Waals surface area contributed by atoms with E-state index in [1.807, 2.05) is 61.7 Å². The number of aromatic nitrogens is 3. The minimum absolute atomic E-state index is 0.0488. The molecular weight excluding hydrogens is 440 g/mol. The molecule has 4 rings (SSSR count). The predicted octanol–water partition coefficient (Wildman–Crippen LogP) is 3.29. The Labute approximate surface area is 175 Å². The third kappa shape index (κ3) is 3.06. The lowest BCUT2D eigenvalue weighted by Crippen LogP contribution is -2.59. The second-order valence-electron chi connectivity index (χ2n) is 6.26. The van der Waals surface area contributed by atoms with Gasteiger partial charge in [-0.05, 0) is 30.5 Å². The lowest BCUT2D eigenvalue weighted by molar-refractivity contribution is -0.764. The predicted molar refractivity (Wildman–Crippen MR) is 109 cm³/mol. The highest BCUT2D eigenvalue weighted by Crippen LogP contribution is 2.41. The van der Waals surface area contributed by atoms with Crippen molar-refractivity contribution in [2.75, 3.05) is 11.2 Å². The number of fused-ring (bicyclic) bond motifs is 3. The van der Waals surface area contributed by atoms with Crippen LogP contribution in [0.15, 0.2) is 58.2 Å². The van der Waals surface area contributed by atoms with E-state index in [2.05, 4.69) is 26.0 Å². The van der Waals surface area contributed by atoms with Crippen LogP contribution in [0.2, 0.25) is 0 Å². The summed E-state index contributed by atoms with van der Waals surface area (Å²) < 4.78 is 2.52. The number of para-hydroxylation sites is 1. The fourth-order valence-corrected chi connectivity index (χ4v) is 4.19. The Morgan fingerprint density at radius 3 is 2.79 bits per heavy atom. The molecule has 3 aromatic rings. The van der Waals surface area contributed by atoms with Gasteiger partial charge in [-0.1, -0.05) is 63.6 Å². The summed E-state index contributed by atoms with van der Waals surface area (Å²) in [6.07, 6.45) is 1.58. The molecule has 1 atom stereocenters. The minimum atomic E-state index is -0.573. The first-order chi connectivity index (χ1) is 13.5. The number of carbonyl (C=O) groups is 1. The maximum Gasteiger partial charge on any atom is 0.293 e. The maximum atomic E-state index is 13.0. The summed E-state index contributed by atoms with van der Waals surface area (Å²) in [7, 11) is 0. The fraction of sp³-hybridized carbons (Fsp3) is 0.200. The van der Waals surface area contributed by atoms with E-state index in [1.165, 1.54) is 11.8 Å². The van der Waals surface area contributed by atoms with Crippen LogP contribution in [0.1, 0.15) is 25.1 Å². The molecule has 0 radical (unpaired) electrons. The van der Waals surface area contributed by atoms with Crippen molar-refractivity contribution in [3.05, 3.63) is 58.6 Å². The summed E-state index contributed by atoms with van der Waals surface area (Å²) in [6, 6.07) is 15.1. The highest BCUT2D eigenvalue weighted by Gasteiger charge is 2.44. The molecule has 0 spiro atoms. The first-order valence-electron chi connectivity index (χ1n) is 8.77. The summed E-state index contributed by atoms with van der Waals surface area (Å²) in [5.74, 6) is -0.400. The smallest absolute Gasteiger partial charge is 0.293 e. The molecule has 0 fully saturated rings. The van der Waals surface area contributed by atoms with Crippen LogP contribution >= 0.6 is 27.7 Å². The third-order valence-corrected chi connectivity index (χ3v) is 5.65. The van der Waals surface area contributed by atoms with Crippen LogP contribution in [-0.2, 0) is 4.79 Å². The Balaban J connectivity index is 2.08. The molecule has 6 nitrogen and oxygen atoms in total. The molecule has 2 heterocycles. The molecule has 1 amide bonds. The van der Waals surface area contributed by atoms with Crippen molar-refractivity contribution in [2.45, 2.75) is 24.7 Å². The topological polar surface area (TPSA) is 73.0 Å². The van der Waals surface area contributed by atoms with Crippen molar-refractivity contribution >= 4 is 39.3 Å². The van der Waals surface area contributed by atoms with E-state index >= 15 is 0 Å². The summed E-state index contributed by atoms with van der Waals surface area (Å²) in [5.41, 5.74) is 2.59. The fourth-order valence-electron chi connectivity index (χ4n) is 3.43. The van der Waals surface area contributed by atoms with Gasteiger partial charge in [-0.3, -0.25) is 4.79 Å². The summed E-state index contributed by atoms with van der Waals surface area (Å²) in [5, 5.41) is 17.9. The number of halogens is 1. The van der Waals surface area contributed by atoms with Crippen LogP contribution < -0.4 is 14.7 Å². The van der Waals surface area contributed by atoms with Crippen molar-refractivity contribution in [3.8, 4) is 17.1 Å². The van der Waals surface area contributed by atoms with E-state index in [0.717, 1.165) is 10.0 Å². The third-order valence-electron chi connectivity index (χ3n) is 4.62. The van der Waals surface area contributed by atoms with Gasteiger partial charge in [0, 0.05) is 21.6 Å². The lowest BCUT2D eigenvalue weighted by atomic mass is 10.0. The van der Waals surface area contributed by atoms with Crippen molar-refractivity contribution < 1.29 is 14.6 Å². The number of amides is 1. The number of anilines is 1. The highest BCUT2D eigenvalue weighted by atomic mass is 79.9. The number of benzene rings is 2. The van der Waals surface area contributed by atoms with Crippen LogP contribution in [0.3, 0.4) is 0 Å². The van der Waals surface area contributed by atoms with Crippen LogP contribution in [0.5, 0.6) is 5.88 Å². The van der Waals surface area contributed by atoms with Gasteiger partial charge < -0.3 is 5.11 Å². The van der Waals surface area contributed by atoms with E-state index in [-0.39, 0.29) is 11.8 Å². The van der Waals surface area contributed by atoms with Crippen molar-refractivity contribution in [3.63, 3.8) is 0 Å². The van der Waals surface area contributed by atoms with Crippen molar-refractivity contribution in [1.82, 2.24) is 10.1 Å². The van der Waals surface area contributed by atoms with Gasteiger partial charge in [0.2, 0.25) is 5.91 Å². The van der Waals surface area contributed by atoms with E-state index < -0.39 is 6.17 Å². The zero-order chi connectivity index (χ0) is 19.8. The molecule has 1 aliphatic heterocycles. The van der Waals surface area contributed by atoms with E-state index in [9.17, 15) is 9.90 Å². The van der Waals surface area contributed by atoms with Gasteiger partial charge in [-0.2, -0.15) is 0 Å². The molecule has 0 bridgehead atoms. The highest BCUT2D eigenvalue weighted by molar-refractivity contribution is 9.10. The SMILES string of the molecule is CCC(=O)N1c2ccccc2-c2c([O-])nc(SC)n[n+]2C1c1cccc(Br)c1. The molecule has 0 N–H and O–H groups in total. The largest absolute Gasteiger partial charge is 0.854 e. The molecule has 1 unspecified atom stereocenters. The first-order valence-corrected chi connectivity index (χ1v) is 10.8. The van der Waals surface area contributed by atoms with Gasteiger partial charge in [0.15, 0.2) is 0 Å². The Morgan fingerprint density at radius 2 is 2.07 bits per heavy atom. The van der Waals surface area contributed by atoms with Gasteiger partial charge >= 0.3 is 0 Å². The molecule has 142 valence electrons. The number of carbonyl (C=O) groups excluding carboxylic acids is 1. The van der Waals surface area contributed by atoms with Crippen LogP contribution in [0.4, 0.5) is 5.69 Å². The van der Waals surface area contributed by atoms with Crippen LogP contribution in [-0.4, -0.2) is 22.2 Å². The van der Waals surface area contributed by atoms with Gasteiger partial charge in [0.25, 0.3) is 17.0 Å². The van der Waals surface area contributed by atoms with Gasteiger partial charge in [0.05, 0.1) is 17.1 Å². The van der Waals surface area contributed by atoms with Crippen molar-refractivity contribution in [2.24, 2.45) is 0 Å². The molecule has 2 aromatic carbocycles. The molecule has 0 saturated heterocycles. The lowest BCUT2D eigenvalue weighted by Gasteiger charge is -2.33.